The molecule has 0 bridgehead atoms. The van der Waals surface area contributed by atoms with Crippen LogP contribution < -0.4 is 10.1 Å². The molecule has 9 heteroatoms. The highest BCUT2D eigenvalue weighted by molar-refractivity contribution is 7.90. The fourth-order valence-electron chi connectivity index (χ4n) is 3.49. The maximum Gasteiger partial charge on any atom is 0.408 e. The fourth-order valence-corrected chi connectivity index (χ4v) is 4.85. The first kappa shape index (κ1) is 29.2. The van der Waals surface area contributed by atoms with Gasteiger partial charge in [-0.05, 0) is 83.4 Å². The second kappa shape index (κ2) is 11.8. The van der Waals surface area contributed by atoms with Crippen LogP contribution in [0.3, 0.4) is 0 Å². The van der Waals surface area contributed by atoms with Gasteiger partial charge in [0.2, 0.25) is 5.90 Å². The maximum atomic E-state index is 13.4. The Morgan fingerprint density at radius 1 is 1.00 bits per heavy atom. The van der Waals surface area contributed by atoms with Crippen LogP contribution in [0.5, 0.6) is 5.75 Å². The Morgan fingerprint density at radius 3 is 2.14 bits per heavy atom. The second-order valence-corrected chi connectivity index (χ2v) is 11.6. The average molecular weight is 519 g/mol. The lowest BCUT2D eigenvalue weighted by atomic mass is 9.94. The van der Waals surface area contributed by atoms with Gasteiger partial charge in [0.25, 0.3) is 10.0 Å². The van der Waals surface area contributed by atoms with E-state index in [-0.39, 0.29) is 16.9 Å². The predicted molar refractivity (Wildman–Crippen MR) is 141 cm³/mol. The van der Waals surface area contributed by atoms with Crippen molar-refractivity contribution in [1.29, 1.82) is 0 Å². The molecule has 0 heterocycles. The molecule has 0 aromatic heterocycles. The summed E-state index contributed by atoms with van der Waals surface area (Å²) in [6.45, 7) is 14.2. The summed E-state index contributed by atoms with van der Waals surface area (Å²) in [7, 11) is -2.53. The van der Waals surface area contributed by atoms with E-state index in [1.807, 2.05) is 13.0 Å². The predicted octanol–water partition coefficient (Wildman–Crippen LogP) is 5.73. The molecule has 1 N–H and O–H groups in total. The third-order valence-electron chi connectivity index (χ3n) is 5.22. The van der Waals surface area contributed by atoms with Gasteiger partial charge in [-0.15, -0.1) is 4.40 Å². The first-order chi connectivity index (χ1) is 16.6. The number of rotatable bonds is 8. The van der Waals surface area contributed by atoms with Crippen LogP contribution in [0.2, 0.25) is 0 Å². The number of ether oxygens (including phenoxy) is 3. The fraction of sp³-hybridized carbons (Fsp3) is 0.481. The molecule has 2 rings (SSSR count). The molecule has 198 valence electrons. The summed E-state index contributed by atoms with van der Waals surface area (Å²) in [5, 5.41) is 2.87. The van der Waals surface area contributed by atoms with E-state index < -0.39 is 33.7 Å². The lowest BCUT2D eigenvalue weighted by Crippen LogP contribution is -2.40. The van der Waals surface area contributed by atoms with Gasteiger partial charge in [-0.2, -0.15) is 8.42 Å². The van der Waals surface area contributed by atoms with Gasteiger partial charge in [0, 0.05) is 0 Å². The molecule has 8 nitrogen and oxygen atoms in total. The van der Waals surface area contributed by atoms with Gasteiger partial charge in [-0.1, -0.05) is 31.2 Å². The zero-order chi connectivity index (χ0) is 27.3. The summed E-state index contributed by atoms with van der Waals surface area (Å²) in [6.07, 6.45) is -0.991. The zero-order valence-corrected chi connectivity index (χ0v) is 23.4. The number of hydrogen-bond acceptors (Lipinski definition) is 6. The van der Waals surface area contributed by atoms with Crippen molar-refractivity contribution in [3.05, 3.63) is 59.2 Å². The van der Waals surface area contributed by atoms with E-state index in [0.29, 0.717) is 16.9 Å². The minimum Gasteiger partial charge on any atom is -0.497 e. The van der Waals surface area contributed by atoms with Crippen LogP contribution in [-0.2, 0) is 19.5 Å². The number of methoxy groups -OCH3 is 1. The summed E-state index contributed by atoms with van der Waals surface area (Å²) in [5.41, 5.74) is 1.38. The van der Waals surface area contributed by atoms with Gasteiger partial charge in [-0.25, -0.2) is 4.79 Å². The third-order valence-corrected chi connectivity index (χ3v) is 6.64. The summed E-state index contributed by atoms with van der Waals surface area (Å²) < 4.78 is 47.5. The monoisotopic (exact) mass is 518 g/mol. The molecule has 0 aliphatic rings. The topological polar surface area (TPSA) is 103 Å². The molecular weight excluding hydrogens is 480 g/mol. The van der Waals surface area contributed by atoms with Crippen LogP contribution in [0.15, 0.2) is 51.8 Å². The van der Waals surface area contributed by atoms with Gasteiger partial charge in [0.1, 0.15) is 11.4 Å². The normalized spacial score (nSPS) is 14.2. The number of alkyl carbamates (subject to hydrolysis) is 1. The molecule has 0 aliphatic heterocycles. The van der Waals surface area contributed by atoms with Crippen molar-refractivity contribution in [3.63, 3.8) is 0 Å². The Morgan fingerprint density at radius 2 is 1.61 bits per heavy atom. The molecule has 2 atom stereocenters. The molecule has 1 amide bonds. The Hall–Kier alpha value is -3.07. The summed E-state index contributed by atoms with van der Waals surface area (Å²) in [4.78, 5) is 12.9. The molecule has 0 spiro atoms. The van der Waals surface area contributed by atoms with Crippen LogP contribution in [0, 0.1) is 19.8 Å². The molecule has 0 saturated carbocycles. The number of carbonyl (C=O) groups is 1. The van der Waals surface area contributed by atoms with Crippen LogP contribution in [-0.4, -0.2) is 39.2 Å². The number of amides is 1. The smallest absolute Gasteiger partial charge is 0.408 e. The summed E-state index contributed by atoms with van der Waals surface area (Å²) in [6, 6.07) is 11.6. The highest BCUT2D eigenvalue weighted by Gasteiger charge is 2.31. The molecular formula is C27H38N2O6S. The average Bonchev–Trinajstić information content (AvgIpc) is 2.76. The largest absolute Gasteiger partial charge is 0.497 e. The van der Waals surface area contributed by atoms with Gasteiger partial charge in [0.05, 0.1) is 30.1 Å². The molecule has 0 saturated heterocycles. The molecule has 2 aromatic carbocycles. The summed E-state index contributed by atoms with van der Waals surface area (Å²) in [5.74, 6) is -0.0248. The molecule has 36 heavy (non-hydrogen) atoms. The van der Waals surface area contributed by atoms with E-state index in [4.69, 9.17) is 14.2 Å². The van der Waals surface area contributed by atoms with Crippen molar-refractivity contribution >= 4 is 22.0 Å². The number of hydrogen-bond donors (Lipinski definition) is 1. The Labute approximate surface area is 215 Å². The van der Waals surface area contributed by atoms with E-state index in [0.717, 1.165) is 5.56 Å². The van der Waals surface area contributed by atoms with Crippen molar-refractivity contribution in [3.8, 4) is 5.75 Å². The molecule has 0 radical (unpaired) electrons. The number of benzene rings is 2. The molecule has 2 aromatic rings. The van der Waals surface area contributed by atoms with Gasteiger partial charge in [0.15, 0.2) is 0 Å². The van der Waals surface area contributed by atoms with E-state index in [1.54, 1.807) is 92.0 Å². The Balaban J connectivity index is 2.58. The van der Waals surface area contributed by atoms with E-state index >= 15 is 0 Å². The van der Waals surface area contributed by atoms with Gasteiger partial charge < -0.3 is 19.5 Å². The summed E-state index contributed by atoms with van der Waals surface area (Å²) >= 11 is 0. The number of sulfonamides is 1. The SMILES string of the molecule is COc1ccc([C@@H](NC(=O)OC(C)(C)C)[C@@H](C)/C(=N\S(=O)(=O)c2cc(C)ccc2C)OC(C)C)cc1. The quantitative estimate of drug-likeness (QED) is 0.354. The van der Waals surface area contributed by atoms with Crippen LogP contribution in [0.1, 0.15) is 64.3 Å². The van der Waals surface area contributed by atoms with Crippen LogP contribution in [0.4, 0.5) is 4.79 Å². The third kappa shape index (κ3) is 8.26. The number of aryl methyl sites for hydroxylation is 2. The first-order valence-corrected chi connectivity index (χ1v) is 13.3. The minimum atomic E-state index is -4.09. The van der Waals surface area contributed by atoms with Crippen molar-refractivity contribution in [2.24, 2.45) is 10.3 Å². The standard InChI is InChI=1S/C27H38N2O6S/c1-17(2)34-25(29-36(31,32)23-16-18(3)10-11-19(23)4)20(5)24(28-26(30)35-27(6,7)8)21-12-14-22(33-9)15-13-21/h10-17,20,24H,1-9H3,(H,28,30)/b29-25+/t20-,24+/m1/s1. The van der Waals surface area contributed by atoms with Crippen molar-refractivity contribution < 1.29 is 27.4 Å². The van der Waals surface area contributed by atoms with Gasteiger partial charge in [-0.3, -0.25) is 0 Å². The second-order valence-electron chi connectivity index (χ2n) is 10.0. The molecule has 0 fully saturated rings. The lowest BCUT2D eigenvalue weighted by Gasteiger charge is -2.29. The van der Waals surface area contributed by atoms with Crippen LogP contribution >= 0.6 is 0 Å². The van der Waals surface area contributed by atoms with Crippen LogP contribution in [0.25, 0.3) is 0 Å². The number of carbonyl (C=O) groups excluding carboxylic acids is 1. The number of nitrogens with zero attached hydrogens (tertiary/aromatic N) is 1. The minimum absolute atomic E-state index is 0.0113. The Bertz CT molecular complexity index is 1180. The van der Waals surface area contributed by atoms with Crippen molar-refractivity contribution in [2.75, 3.05) is 7.11 Å². The lowest BCUT2D eigenvalue weighted by molar-refractivity contribution is 0.0492. The van der Waals surface area contributed by atoms with E-state index in [2.05, 4.69) is 9.71 Å². The highest BCUT2D eigenvalue weighted by Crippen LogP contribution is 2.29. The Kier molecular flexibility index (Phi) is 9.54. The van der Waals surface area contributed by atoms with Crippen molar-refractivity contribution in [1.82, 2.24) is 5.32 Å². The van der Waals surface area contributed by atoms with Crippen molar-refractivity contribution in [2.45, 2.75) is 78.0 Å². The molecule has 0 aliphatic carbocycles. The molecule has 0 unspecified atom stereocenters. The van der Waals surface area contributed by atoms with Gasteiger partial charge >= 0.3 is 6.09 Å². The maximum absolute atomic E-state index is 13.4. The highest BCUT2D eigenvalue weighted by atomic mass is 32.2. The zero-order valence-electron chi connectivity index (χ0n) is 22.6. The van der Waals surface area contributed by atoms with E-state index in [9.17, 15) is 13.2 Å². The van der Waals surface area contributed by atoms with E-state index in [1.165, 1.54) is 0 Å². The first-order valence-electron chi connectivity index (χ1n) is 11.8. The number of nitrogens with one attached hydrogen (secondary N) is 1.